The third kappa shape index (κ3) is 31.1. The van der Waals surface area contributed by atoms with Crippen LogP contribution in [0.25, 0.3) is 0 Å². The molecule has 0 bridgehead atoms. The van der Waals surface area contributed by atoms with Gasteiger partial charge in [0, 0.05) is 126 Å². The molecule has 818 valence electrons. The highest BCUT2D eigenvalue weighted by Gasteiger charge is 2.68. The molecular weight excluding hydrogens is 1890 g/mol. The maximum absolute atomic E-state index is 13.8. The van der Waals surface area contributed by atoms with Gasteiger partial charge in [0.2, 0.25) is 23.6 Å². The number of ether oxygens (including phenoxy) is 13. The number of unbranched alkanes of at least 4 members (excludes halogenated alkanes) is 3. The molecule has 38 heteroatoms. The standard InChI is InChI=1S/C28H44N2O7.C26H41N3O7.C21H32N2O5.C19H29NO6.C14H21NO4/c1-8-10-11-12-13-14-21(29-26(34)37-27(3,4)5)24(32)30-18-20(35-6)15-22(30)23(31)17-28(25(33)36-7)16-19(28)9-2;1-25(2,3)36-24(33)27-19-13-11-9-7-8-10-12-17-15-26(17,23(32)35-6)28(4)22(31)20-14-18(34-5)16-29(20)21(19)30;1-27-15-10-17-18(24)12-21(20(26)28-2)11-14(21)8-6-4-3-5-7-9-16(22)19(25)23(17)13-15;1-7-12-9-19(12,16(22)25-6)10-15(21)14-8-13(24-5)11-20(14)17(23)26-18(2,3)4;1-4-9-6-14(9,13(17)19-3)7-12(16)11-5-10(18-2)8-15-11/h8-9,19-22H,1-2,10-18H2,3-7H3,(H,29,34);10,12,17-20H,7-9,11,13-16H2,1-6H3,(H,27,33);6,8,14-17H,3-5,7,9-13,22H2,1-2H3;7,12-14H,1,8-11H2,2-6H3;4,9-11,15H,1,5-8H2,2-3H3/b;12-10-;8-6-;;. The number of hydrogen-bond donors (Lipinski definition) is 4. The van der Waals surface area contributed by atoms with Gasteiger partial charge in [-0.25, -0.2) is 19.2 Å². The van der Waals surface area contributed by atoms with Crippen molar-refractivity contribution < 1.29 is 138 Å². The van der Waals surface area contributed by atoms with Gasteiger partial charge >= 0.3 is 48.1 Å². The number of rotatable bonds is 31. The lowest BCUT2D eigenvalue weighted by molar-refractivity contribution is -0.157. The molecule has 12 rings (SSSR count). The van der Waals surface area contributed by atoms with Crippen LogP contribution in [-0.2, 0) is 124 Å². The number of hydrogen-bond acceptors (Lipinski definition) is 31. The Kier molecular flexibility index (Phi) is 44.2. The summed E-state index contributed by atoms with van der Waals surface area (Å²) < 4.78 is 68.0. The van der Waals surface area contributed by atoms with E-state index < -0.39 is 122 Å². The second-order valence-corrected chi connectivity index (χ2v) is 43.9. The summed E-state index contributed by atoms with van der Waals surface area (Å²) >= 11 is 0. The quantitative estimate of drug-likeness (QED) is 0.0217. The zero-order valence-electron chi connectivity index (χ0n) is 90.0. The smallest absolute Gasteiger partial charge is 0.410 e. The van der Waals surface area contributed by atoms with E-state index in [1.54, 1.807) is 128 Å². The highest BCUT2D eigenvalue weighted by atomic mass is 16.6. The van der Waals surface area contributed by atoms with Crippen molar-refractivity contribution in [3.05, 3.63) is 74.9 Å². The van der Waals surface area contributed by atoms with Crippen LogP contribution >= 0.6 is 0 Å². The molecule has 0 aromatic rings. The third-order valence-corrected chi connectivity index (χ3v) is 30.4. The Bertz CT molecular complexity index is 4690. The van der Waals surface area contributed by atoms with Crippen LogP contribution in [0.2, 0.25) is 0 Å². The van der Waals surface area contributed by atoms with Crippen LogP contribution in [0.15, 0.2) is 74.9 Å². The fourth-order valence-corrected chi connectivity index (χ4v) is 21.4. The maximum Gasteiger partial charge on any atom is 0.410 e. The van der Waals surface area contributed by atoms with Crippen molar-refractivity contribution in [2.45, 2.75) is 350 Å². The Morgan fingerprint density at radius 2 is 0.932 bits per heavy atom. The molecule has 12 aliphatic rings. The molecule has 0 aromatic heterocycles. The van der Waals surface area contributed by atoms with Gasteiger partial charge in [0.05, 0.1) is 124 Å². The normalized spacial score (nSPS) is 32.1. The van der Waals surface area contributed by atoms with Gasteiger partial charge in [-0.3, -0.25) is 62.4 Å². The number of ketones is 4. The summed E-state index contributed by atoms with van der Waals surface area (Å²) in [5.41, 5.74) is -0.240. The summed E-state index contributed by atoms with van der Waals surface area (Å²) in [7, 11) is 16.1. The van der Waals surface area contributed by atoms with Crippen LogP contribution in [-0.4, -0.2) is 331 Å². The minimum Gasteiger partial charge on any atom is -0.469 e. The number of methoxy groups -OCH3 is 10. The molecule has 0 aromatic carbocycles. The number of fused-ring (bicyclic) bond motifs is 4. The van der Waals surface area contributed by atoms with Crippen LogP contribution < -0.4 is 21.7 Å². The van der Waals surface area contributed by atoms with Crippen molar-refractivity contribution in [3.63, 3.8) is 0 Å². The number of carbonyl (C=O) groups is 16. The highest BCUT2D eigenvalue weighted by molar-refractivity contribution is 6.00. The van der Waals surface area contributed by atoms with Crippen LogP contribution in [0.5, 0.6) is 0 Å². The Labute approximate surface area is 861 Å². The van der Waals surface area contributed by atoms with Crippen molar-refractivity contribution in [1.82, 2.24) is 40.4 Å². The van der Waals surface area contributed by atoms with Crippen molar-refractivity contribution in [1.29, 1.82) is 0 Å². The van der Waals surface area contributed by atoms with E-state index in [9.17, 15) is 76.7 Å². The van der Waals surface area contributed by atoms with Crippen molar-refractivity contribution in [3.8, 4) is 0 Å². The number of likely N-dealkylation sites (N-methyl/N-ethyl adjacent to an activating group) is 1. The second kappa shape index (κ2) is 53.3. The van der Waals surface area contributed by atoms with Gasteiger partial charge in [-0.05, 0) is 182 Å². The van der Waals surface area contributed by atoms with Gasteiger partial charge in [0.15, 0.2) is 23.1 Å². The first-order chi connectivity index (χ1) is 68.9. The SMILES string of the molecule is C=CC1CC1(CC(=O)C1CC(OC)CN1)C(=O)OC.C=CC1CC1(CC(=O)C1CC(OC)CN1C(=O)OC(C)(C)C)C(=O)OC.C=CCCCCCC(NC(=O)OC(C)(C)C)C(=O)N1CC(OC)CC1C(=O)CC1(C(=O)OC)CC1C=C.COC(=O)C12CC(=O)C3CC(OC)CN3C(=O)C(N)CCCCC/C=C\C1C2.COC(=O)C12CC1/C=C\CCCCCC(NC(=O)OC(C)(C)C)C(=O)N1CC(OC)CC1C(=O)N2C. The molecule has 23 atom stereocenters. The number of likely N-dealkylation sites (tertiary alicyclic amines) is 2. The molecule has 38 nitrogen and oxygen atoms in total. The van der Waals surface area contributed by atoms with E-state index in [0.29, 0.717) is 103 Å². The summed E-state index contributed by atoms with van der Waals surface area (Å²) in [4.78, 5) is 213. The second-order valence-electron chi connectivity index (χ2n) is 43.9. The van der Waals surface area contributed by atoms with Gasteiger partial charge in [-0.15, -0.1) is 26.3 Å². The molecule has 146 heavy (non-hydrogen) atoms. The zero-order chi connectivity index (χ0) is 109. The van der Waals surface area contributed by atoms with Crippen molar-refractivity contribution in [2.24, 2.45) is 57.0 Å². The number of carbonyl (C=O) groups excluding carboxylic acids is 16. The van der Waals surface area contributed by atoms with Crippen LogP contribution in [0.4, 0.5) is 14.4 Å². The topological polar surface area (TPSA) is 471 Å². The number of allylic oxidation sites excluding steroid dienone is 7. The number of amides is 7. The summed E-state index contributed by atoms with van der Waals surface area (Å²) in [6, 6.07) is -5.31. The van der Waals surface area contributed by atoms with Crippen molar-refractivity contribution in [2.75, 3.05) is 111 Å². The Morgan fingerprint density at radius 3 is 1.40 bits per heavy atom. The molecule has 7 heterocycles. The summed E-state index contributed by atoms with van der Waals surface area (Å²) in [6.45, 7) is 32.6. The number of nitrogens with two attached hydrogens (primary N) is 1. The average Bonchev–Trinajstić information content (AvgIpc) is 1.55. The van der Waals surface area contributed by atoms with E-state index in [-0.39, 0.29) is 170 Å². The molecule has 5 saturated heterocycles. The third-order valence-electron chi connectivity index (χ3n) is 30.4. The molecule has 7 aliphatic heterocycles. The first-order valence-electron chi connectivity index (χ1n) is 51.6. The molecule has 0 radical (unpaired) electrons. The van der Waals surface area contributed by atoms with Gasteiger partial charge < -0.3 is 103 Å². The predicted octanol–water partition coefficient (Wildman–Crippen LogP) is 11.0. The predicted molar refractivity (Wildman–Crippen MR) is 539 cm³/mol. The summed E-state index contributed by atoms with van der Waals surface area (Å²) in [5, 5.41) is 8.61. The molecule has 23 unspecified atom stereocenters. The minimum atomic E-state index is -1.07. The Balaban J connectivity index is 0.000000226. The first kappa shape index (κ1) is 121. The Morgan fingerprint density at radius 1 is 0.479 bits per heavy atom. The fourth-order valence-electron chi connectivity index (χ4n) is 21.4. The van der Waals surface area contributed by atoms with E-state index in [4.69, 9.17) is 67.3 Å². The molecular formula is C108H167N9O29. The van der Waals surface area contributed by atoms with E-state index in [1.165, 1.54) is 55.1 Å². The molecule has 7 amide bonds. The summed E-state index contributed by atoms with van der Waals surface area (Å²) in [6.07, 6.45) is 29.6. The molecule has 10 fully saturated rings. The lowest BCUT2D eigenvalue weighted by Crippen LogP contribution is -2.57. The number of nitrogens with one attached hydrogen (secondary N) is 3. The van der Waals surface area contributed by atoms with Crippen LogP contribution in [0.1, 0.15) is 249 Å². The van der Waals surface area contributed by atoms with E-state index in [1.807, 2.05) is 12.2 Å². The fraction of sp³-hybridized carbons (Fsp3) is 0.741. The first-order valence-corrected chi connectivity index (χ1v) is 51.6. The lowest BCUT2D eigenvalue weighted by Gasteiger charge is -2.34. The van der Waals surface area contributed by atoms with Crippen LogP contribution in [0, 0.1) is 51.2 Å². The van der Waals surface area contributed by atoms with E-state index in [0.717, 1.165) is 70.6 Å². The van der Waals surface area contributed by atoms with Crippen LogP contribution in [0.3, 0.4) is 0 Å². The zero-order valence-corrected chi connectivity index (χ0v) is 90.0. The van der Waals surface area contributed by atoms with Gasteiger partial charge in [-0.1, -0.05) is 87.1 Å². The number of Topliss-reactive ketones (excluding diaryl/α,β-unsaturated/α-hetero) is 4. The molecule has 0 spiro atoms. The molecule has 5 N–H and O–H groups in total. The largest absolute Gasteiger partial charge is 0.469 e. The van der Waals surface area contributed by atoms with E-state index in [2.05, 4.69) is 60.5 Å². The molecule has 5 saturated carbocycles. The summed E-state index contributed by atoms with van der Waals surface area (Å²) in [5.74, 6) is -3.84. The number of nitrogens with zero attached hydrogens (tertiary/aromatic N) is 5. The highest BCUT2D eigenvalue weighted by Crippen LogP contribution is 2.61. The van der Waals surface area contributed by atoms with Crippen molar-refractivity contribution >= 4 is 94.9 Å². The lowest BCUT2D eigenvalue weighted by atomic mass is 9.92. The maximum atomic E-state index is 13.8. The van der Waals surface area contributed by atoms with Gasteiger partial charge in [0.1, 0.15) is 40.5 Å². The van der Waals surface area contributed by atoms with Gasteiger partial charge in [0.25, 0.3) is 0 Å². The molecule has 5 aliphatic carbocycles. The number of alkyl carbamates (subject to hydrolysis) is 2. The minimum absolute atomic E-state index is 0.0246. The van der Waals surface area contributed by atoms with E-state index >= 15 is 0 Å². The monoisotopic (exact) mass is 2050 g/mol. The Hall–Kier alpha value is -10.1. The average molecular weight is 2060 g/mol. The van der Waals surface area contributed by atoms with Gasteiger partial charge in [-0.2, -0.15) is 0 Å². The number of esters is 5.